The van der Waals surface area contributed by atoms with Crippen molar-refractivity contribution in [3.63, 3.8) is 0 Å². The molecule has 2 heterocycles. The predicted molar refractivity (Wildman–Crippen MR) is 177 cm³/mol. The molecule has 2 aromatic carbocycles. The summed E-state index contributed by atoms with van der Waals surface area (Å²) in [5, 5.41) is 0. The zero-order valence-corrected chi connectivity index (χ0v) is 26.7. The van der Waals surface area contributed by atoms with Gasteiger partial charge in [-0.3, -0.25) is 0 Å². The van der Waals surface area contributed by atoms with Crippen molar-refractivity contribution in [2.45, 2.75) is 90.9 Å². The molecule has 0 aliphatic carbocycles. The zero-order valence-electron chi connectivity index (χ0n) is 26.7. The Morgan fingerprint density at radius 1 is 0.489 bits per heavy atom. The third-order valence-electron chi connectivity index (χ3n) is 7.66. The molecule has 0 atom stereocenters. The van der Waals surface area contributed by atoms with Gasteiger partial charge in [0.15, 0.2) is 11.6 Å². The Labute approximate surface area is 267 Å². The van der Waals surface area contributed by atoms with E-state index in [0.717, 1.165) is 25.7 Å². The molecule has 7 heteroatoms. The first-order valence-electron chi connectivity index (χ1n) is 16.5. The molecule has 0 aliphatic rings. The van der Waals surface area contributed by atoms with Crippen molar-refractivity contribution < 1.29 is 23.0 Å². The summed E-state index contributed by atoms with van der Waals surface area (Å²) < 4.78 is 47.0. The number of hydrogen-bond acceptors (Lipinski definition) is 5. The number of unbranched alkanes of at least 4 members (excludes halogenated alkanes) is 10. The van der Waals surface area contributed by atoms with Crippen LogP contribution in [-0.2, 0) is 0 Å². The van der Waals surface area contributed by atoms with Gasteiger partial charge in [-0.1, -0.05) is 78.1 Å². The second-order valence-corrected chi connectivity index (χ2v) is 11.4. The Morgan fingerprint density at radius 2 is 0.867 bits per heavy atom. The van der Waals surface area contributed by atoms with Gasteiger partial charge >= 0.3 is 0 Å². The number of ether oxygens (including phenoxy) is 3. The van der Waals surface area contributed by atoms with Crippen molar-refractivity contribution in [1.29, 1.82) is 0 Å². The van der Waals surface area contributed by atoms with Crippen LogP contribution in [0.5, 0.6) is 23.0 Å². The molecule has 5 nitrogen and oxygen atoms in total. The van der Waals surface area contributed by atoms with E-state index in [1.165, 1.54) is 63.5 Å². The molecule has 240 valence electrons. The van der Waals surface area contributed by atoms with Crippen LogP contribution < -0.4 is 14.2 Å². The van der Waals surface area contributed by atoms with Crippen molar-refractivity contribution in [1.82, 2.24) is 9.97 Å². The van der Waals surface area contributed by atoms with Gasteiger partial charge in [-0.2, -0.15) is 0 Å². The lowest BCUT2D eigenvalue weighted by Crippen LogP contribution is -1.99. The van der Waals surface area contributed by atoms with Crippen molar-refractivity contribution in [2.75, 3.05) is 13.2 Å². The Hall–Kier alpha value is -4.00. The Bertz CT molecular complexity index is 1320. The van der Waals surface area contributed by atoms with Crippen LogP contribution in [0.1, 0.15) is 90.9 Å². The number of rotatable bonds is 20. The molecule has 0 spiro atoms. The van der Waals surface area contributed by atoms with E-state index in [4.69, 9.17) is 14.2 Å². The second kappa shape index (κ2) is 18.7. The van der Waals surface area contributed by atoms with Crippen molar-refractivity contribution >= 4 is 0 Å². The quantitative estimate of drug-likeness (QED) is 0.0925. The van der Waals surface area contributed by atoms with E-state index in [2.05, 4.69) is 23.8 Å². The first-order valence-corrected chi connectivity index (χ1v) is 16.5. The van der Waals surface area contributed by atoms with Crippen LogP contribution >= 0.6 is 0 Å². The summed E-state index contributed by atoms with van der Waals surface area (Å²) >= 11 is 0. The lowest BCUT2D eigenvalue weighted by Gasteiger charge is -2.10. The predicted octanol–water partition coefficient (Wildman–Crippen LogP) is 11.4. The van der Waals surface area contributed by atoms with E-state index in [0.29, 0.717) is 47.3 Å². The molecule has 2 aromatic heterocycles. The maximum atomic E-state index is 14.8. The molecule has 4 rings (SSSR count). The average molecular weight is 617 g/mol. The van der Waals surface area contributed by atoms with Gasteiger partial charge in [-0.25, -0.2) is 18.7 Å². The maximum absolute atomic E-state index is 14.8. The lowest BCUT2D eigenvalue weighted by atomic mass is 10.1. The van der Waals surface area contributed by atoms with Gasteiger partial charge in [0, 0.05) is 23.3 Å². The van der Waals surface area contributed by atoms with Crippen molar-refractivity contribution in [3.05, 3.63) is 84.7 Å². The van der Waals surface area contributed by atoms with Gasteiger partial charge in [0.1, 0.15) is 34.4 Å². The third-order valence-corrected chi connectivity index (χ3v) is 7.66. The molecular weight excluding hydrogens is 570 g/mol. The fraction of sp³-hybridized carbons (Fsp3) is 0.421. The largest absolute Gasteiger partial charge is 0.492 e. The minimum Gasteiger partial charge on any atom is -0.492 e. The summed E-state index contributed by atoms with van der Waals surface area (Å²) in [4.78, 5) is 8.60. The Morgan fingerprint density at radius 3 is 1.24 bits per heavy atom. The van der Waals surface area contributed by atoms with Gasteiger partial charge in [0.2, 0.25) is 0 Å². The molecule has 0 aliphatic heterocycles. The highest BCUT2D eigenvalue weighted by Gasteiger charge is 2.11. The minimum atomic E-state index is -0.432. The normalized spacial score (nSPS) is 11.0. The number of aromatic nitrogens is 2. The maximum Gasteiger partial charge on any atom is 0.153 e. The van der Waals surface area contributed by atoms with Gasteiger partial charge in [0.25, 0.3) is 0 Å². The lowest BCUT2D eigenvalue weighted by molar-refractivity contribution is 0.301. The molecule has 0 saturated heterocycles. The van der Waals surface area contributed by atoms with E-state index >= 15 is 0 Å². The van der Waals surface area contributed by atoms with Gasteiger partial charge in [0.05, 0.1) is 25.6 Å². The van der Waals surface area contributed by atoms with Crippen LogP contribution in [0.2, 0.25) is 0 Å². The molecule has 0 saturated carbocycles. The summed E-state index contributed by atoms with van der Waals surface area (Å²) in [5.74, 6) is 1.19. The second-order valence-electron chi connectivity index (χ2n) is 11.4. The molecular formula is C38H46F2N2O3. The summed E-state index contributed by atoms with van der Waals surface area (Å²) in [6.07, 6.45) is 17.2. The Kier molecular flexibility index (Phi) is 14.1. The van der Waals surface area contributed by atoms with Crippen LogP contribution in [0.15, 0.2) is 73.1 Å². The smallest absolute Gasteiger partial charge is 0.153 e. The molecule has 45 heavy (non-hydrogen) atoms. The van der Waals surface area contributed by atoms with Gasteiger partial charge in [-0.15, -0.1) is 0 Å². The average Bonchev–Trinajstić information content (AvgIpc) is 3.05. The van der Waals surface area contributed by atoms with Gasteiger partial charge < -0.3 is 14.2 Å². The topological polar surface area (TPSA) is 53.5 Å². The number of halogens is 2. The highest BCUT2D eigenvalue weighted by Crippen LogP contribution is 2.30. The van der Waals surface area contributed by atoms with E-state index < -0.39 is 11.6 Å². The highest BCUT2D eigenvalue weighted by molar-refractivity contribution is 5.63. The number of benzene rings is 2. The number of nitrogens with zero attached hydrogens (tertiary/aromatic N) is 2. The van der Waals surface area contributed by atoms with Crippen LogP contribution in [0.3, 0.4) is 0 Å². The van der Waals surface area contributed by atoms with E-state index in [9.17, 15) is 8.78 Å². The van der Waals surface area contributed by atoms with Crippen LogP contribution in [0, 0.1) is 11.6 Å². The van der Waals surface area contributed by atoms with E-state index in [1.54, 1.807) is 60.9 Å². The zero-order chi connectivity index (χ0) is 31.7. The minimum absolute atomic E-state index is 0.256. The van der Waals surface area contributed by atoms with E-state index in [-0.39, 0.29) is 11.4 Å². The third kappa shape index (κ3) is 11.1. The van der Waals surface area contributed by atoms with Crippen molar-refractivity contribution in [2.24, 2.45) is 0 Å². The first-order chi connectivity index (χ1) is 22.1. The number of hydrogen-bond donors (Lipinski definition) is 0. The highest BCUT2D eigenvalue weighted by atomic mass is 19.1. The summed E-state index contributed by atoms with van der Waals surface area (Å²) in [6, 6.07) is 16.9. The van der Waals surface area contributed by atoms with Gasteiger partial charge in [-0.05, 0) is 61.4 Å². The summed E-state index contributed by atoms with van der Waals surface area (Å²) in [5.41, 5.74) is 1.79. The fourth-order valence-electron chi connectivity index (χ4n) is 5.07. The molecule has 0 radical (unpaired) electrons. The van der Waals surface area contributed by atoms with Crippen molar-refractivity contribution in [3.8, 4) is 45.5 Å². The fourth-order valence-corrected chi connectivity index (χ4v) is 5.07. The summed E-state index contributed by atoms with van der Waals surface area (Å²) in [6.45, 7) is 5.53. The first kappa shape index (κ1) is 33.9. The molecule has 0 amide bonds. The van der Waals surface area contributed by atoms with Crippen LogP contribution in [-0.4, -0.2) is 23.2 Å². The van der Waals surface area contributed by atoms with Crippen LogP contribution in [0.4, 0.5) is 8.78 Å². The van der Waals surface area contributed by atoms with Crippen LogP contribution in [0.25, 0.3) is 22.5 Å². The molecule has 4 aromatic rings. The number of pyridine rings is 2. The summed E-state index contributed by atoms with van der Waals surface area (Å²) in [7, 11) is 0. The monoisotopic (exact) mass is 616 g/mol. The Balaban J connectivity index is 1.25. The molecule has 0 N–H and O–H groups in total. The van der Waals surface area contributed by atoms with E-state index in [1.807, 2.05) is 0 Å². The standard InChI is InChI=1S/C38H46F2N2O3/c1-3-5-7-9-11-13-23-43-33-25-35(39)37(41-27-33)29-15-19-31(20-16-29)45-32-21-17-30(18-22-32)38-36(40)26-34(28-42-38)44-24-14-12-10-8-6-4-2/h15-22,25-28H,3-14,23-24H2,1-2H3. The molecule has 0 bridgehead atoms. The molecule has 0 fully saturated rings. The molecule has 0 unspecified atom stereocenters. The SMILES string of the molecule is CCCCCCCCOc1cnc(-c2ccc(Oc3ccc(-c4ncc(OCCCCCCCC)cc4F)cc3)cc2)c(F)c1.